The minimum Gasteiger partial charge on any atom is -0.478 e. The Morgan fingerprint density at radius 3 is 2.05 bits per heavy atom. The van der Waals surface area contributed by atoms with E-state index in [-0.39, 0.29) is 6.10 Å². The Kier molecular flexibility index (Phi) is 9.77. The quantitative estimate of drug-likeness (QED) is 0.489. The molecule has 0 radical (unpaired) electrons. The highest BCUT2D eigenvalue weighted by molar-refractivity contribution is 5.90. The summed E-state index contributed by atoms with van der Waals surface area (Å²) < 4.78 is 5.34. The van der Waals surface area contributed by atoms with Crippen LogP contribution in [0.1, 0.15) is 59.8 Å². The highest BCUT2D eigenvalue weighted by Gasteiger charge is 2.14. The Labute approximate surface area is 122 Å². The van der Waals surface area contributed by atoms with Crippen molar-refractivity contribution in [3.8, 4) is 0 Å². The molecule has 4 heteroatoms. The van der Waals surface area contributed by atoms with E-state index in [1.807, 2.05) is 0 Å². The molecular formula is C16H28O4. The molecule has 0 saturated heterocycles. The van der Waals surface area contributed by atoms with Crippen molar-refractivity contribution in [2.75, 3.05) is 0 Å². The second-order valence-corrected chi connectivity index (χ2v) is 6.03. The lowest BCUT2D eigenvalue weighted by Crippen LogP contribution is -2.18. The Morgan fingerprint density at radius 2 is 1.55 bits per heavy atom. The zero-order valence-electron chi connectivity index (χ0n) is 13.1. The average Bonchev–Trinajstić information content (AvgIpc) is 2.32. The minimum atomic E-state index is -1.14. The third kappa shape index (κ3) is 11.8. The summed E-state index contributed by atoms with van der Waals surface area (Å²) >= 11 is 0. The largest absolute Gasteiger partial charge is 0.478 e. The first-order chi connectivity index (χ1) is 9.31. The normalized spacial score (nSPS) is 13.1. The van der Waals surface area contributed by atoms with Crippen LogP contribution in [-0.2, 0) is 14.3 Å². The van der Waals surface area contributed by atoms with Gasteiger partial charge in [-0.25, -0.2) is 9.59 Å². The first-order valence-corrected chi connectivity index (χ1v) is 7.42. The molecule has 0 aromatic carbocycles. The summed E-state index contributed by atoms with van der Waals surface area (Å²) in [6.07, 6.45) is 6.50. The molecule has 4 nitrogen and oxygen atoms in total. The van der Waals surface area contributed by atoms with Crippen molar-refractivity contribution in [2.45, 2.75) is 65.9 Å². The maximum atomic E-state index is 11.5. The molecule has 0 aliphatic heterocycles. The van der Waals surface area contributed by atoms with Crippen LogP contribution in [0, 0.1) is 11.8 Å². The molecule has 0 spiro atoms. The number of carboxylic acid groups (broad SMARTS) is 1. The van der Waals surface area contributed by atoms with Gasteiger partial charge in [0.2, 0.25) is 0 Å². The molecule has 1 atom stereocenters. The number of esters is 1. The van der Waals surface area contributed by atoms with Gasteiger partial charge in [0.05, 0.1) is 0 Å². The van der Waals surface area contributed by atoms with E-state index in [0.29, 0.717) is 11.8 Å². The molecule has 0 aromatic heterocycles. The third-order valence-electron chi connectivity index (χ3n) is 3.02. The summed E-state index contributed by atoms with van der Waals surface area (Å²) in [7, 11) is 0. The first-order valence-electron chi connectivity index (χ1n) is 7.42. The van der Waals surface area contributed by atoms with Gasteiger partial charge in [-0.3, -0.25) is 0 Å². The number of hydrogen-bond donors (Lipinski definition) is 1. The molecule has 0 amide bonds. The first kappa shape index (κ1) is 18.7. The molecule has 0 rings (SSSR count). The van der Waals surface area contributed by atoms with Crippen LogP contribution in [0.15, 0.2) is 12.2 Å². The highest BCUT2D eigenvalue weighted by atomic mass is 16.5. The van der Waals surface area contributed by atoms with Gasteiger partial charge in [0, 0.05) is 12.2 Å². The number of ether oxygens (including phenoxy) is 1. The Balaban J connectivity index is 4.28. The monoisotopic (exact) mass is 284 g/mol. The second-order valence-electron chi connectivity index (χ2n) is 6.03. The zero-order valence-corrected chi connectivity index (χ0v) is 13.1. The van der Waals surface area contributed by atoms with Crippen LogP contribution in [-0.4, -0.2) is 23.1 Å². The molecule has 1 N–H and O–H groups in total. The molecule has 0 aliphatic rings. The highest BCUT2D eigenvalue weighted by Crippen LogP contribution is 2.17. The standard InChI is InChI=1S/C16H28O4/c1-12(2)6-5-7-14(9-8-13(3)4)20-16(19)11-10-15(17)18/h10-14H,5-9H2,1-4H3,(H,17,18). The van der Waals surface area contributed by atoms with Crippen LogP contribution in [0.2, 0.25) is 0 Å². The lowest BCUT2D eigenvalue weighted by molar-refractivity contribution is -0.144. The van der Waals surface area contributed by atoms with E-state index in [1.165, 1.54) is 0 Å². The van der Waals surface area contributed by atoms with Crippen molar-refractivity contribution in [1.82, 2.24) is 0 Å². The third-order valence-corrected chi connectivity index (χ3v) is 3.02. The van der Waals surface area contributed by atoms with Gasteiger partial charge < -0.3 is 9.84 Å². The molecule has 1 unspecified atom stereocenters. The SMILES string of the molecule is CC(C)CCCC(CCC(C)C)OC(=O)C=CC(=O)O. The number of aliphatic carboxylic acids is 1. The second kappa shape index (κ2) is 10.5. The van der Waals surface area contributed by atoms with Gasteiger partial charge in [-0.15, -0.1) is 0 Å². The number of carbonyl (C=O) groups is 2. The fraction of sp³-hybridized carbons (Fsp3) is 0.750. The van der Waals surface area contributed by atoms with Gasteiger partial charge in [0.1, 0.15) is 6.10 Å². The number of carbonyl (C=O) groups excluding carboxylic acids is 1. The van der Waals surface area contributed by atoms with Crippen LogP contribution in [0.5, 0.6) is 0 Å². The van der Waals surface area contributed by atoms with Gasteiger partial charge in [-0.2, -0.15) is 0 Å². The maximum Gasteiger partial charge on any atom is 0.331 e. The van der Waals surface area contributed by atoms with Gasteiger partial charge in [0.15, 0.2) is 0 Å². The molecule has 116 valence electrons. The summed E-state index contributed by atoms with van der Waals surface area (Å²) in [5.41, 5.74) is 0. The molecule has 0 aliphatic carbocycles. The maximum absolute atomic E-state index is 11.5. The number of carboxylic acids is 1. The topological polar surface area (TPSA) is 63.6 Å². The molecule has 20 heavy (non-hydrogen) atoms. The van der Waals surface area contributed by atoms with Crippen LogP contribution < -0.4 is 0 Å². The molecule has 0 heterocycles. The molecule has 0 bridgehead atoms. The zero-order chi connectivity index (χ0) is 15.5. The number of rotatable bonds is 10. The molecule has 0 saturated carbocycles. The van der Waals surface area contributed by atoms with Crippen LogP contribution in [0.25, 0.3) is 0 Å². The lowest BCUT2D eigenvalue weighted by atomic mass is 9.99. The van der Waals surface area contributed by atoms with Crippen molar-refractivity contribution >= 4 is 11.9 Å². The van der Waals surface area contributed by atoms with Crippen molar-refractivity contribution in [3.05, 3.63) is 12.2 Å². The van der Waals surface area contributed by atoms with E-state index < -0.39 is 11.9 Å². The smallest absolute Gasteiger partial charge is 0.331 e. The fourth-order valence-electron chi connectivity index (χ4n) is 1.88. The van der Waals surface area contributed by atoms with Gasteiger partial charge in [-0.05, 0) is 37.5 Å². The van der Waals surface area contributed by atoms with Crippen molar-refractivity contribution < 1.29 is 19.4 Å². The van der Waals surface area contributed by atoms with E-state index in [1.54, 1.807) is 0 Å². The predicted octanol–water partition coefficient (Wildman–Crippen LogP) is 3.80. The van der Waals surface area contributed by atoms with E-state index in [9.17, 15) is 9.59 Å². The van der Waals surface area contributed by atoms with Crippen LogP contribution >= 0.6 is 0 Å². The molecule has 0 aromatic rings. The average molecular weight is 284 g/mol. The van der Waals surface area contributed by atoms with Crippen molar-refractivity contribution in [2.24, 2.45) is 11.8 Å². The summed E-state index contributed by atoms with van der Waals surface area (Å²) in [6.45, 7) is 8.62. The predicted molar refractivity (Wildman–Crippen MR) is 79.4 cm³/mol. The summed E-state index contributed by atoms with van der Waals surface area (Å²) in [6, 6.07) is 0. The minimum absolute atomic E-state index is 0.109. The van der Waals surface area contributed by atoms with Crippen molar-refractivity contribution in [1.29, 1.82) is 0 Å². The molecule has 0 fully saturated rings. The van der Waals surface area contributed by atoms with Gasteiger partial charge in [-0.1, -0.05) is 34.1 Å². The van der Waals surface area contributed by atoms with Gasteiger partial charge >= 0.3 is 11.9 Å². The van der Waals surface area contributed by atoms with Crippen LogP contribution in [0.4, 0.5) is 0 Å². The Bertz CT molecular complexity index is 318. The fourth-order valence-corrected chi connectivity index (χ4v) is 1.88. The lowest BCUT2D eigenvalue weighted by Gasteiger charge is -2.18. The van der Waals surface area contributed by atoms with E-state index in [2.05, 4.69) is 27.7 Å². The van der Waals surface area contributed by atoms with Crippen molar-refractivity contribution in [3.63, 3.8) is 0 Å². The van der Waals surface area contributed by atoms with Crippen LogP contribution in [0.3, 0.4) is 0 Å². The van der Waals surface area contributed by atoms with E-state index in [4.69, 9.17) is 9.84 Å². The summed E-state index contributed by atoms with van der Waals surface area (Å²) in [4.78, 5) is 21.9. The Morgan fingerprint density at radius 1 is 0.950 bits per heavy atom. The van der Waals surface area contributed by atoms with E-state index in [0.717, 1.165) is 44.3 Å². The van der Waals surface area contributed by atoms with E-state index >= 15 is 0 Å². The number of hydrogen-bond acceptors (Lipinski definition) is 3. The van der Waals surface area contributed by atoms with Gasteiger partial charge in [0.25, 0.3) is 0 Å². The summed E-state index contributed by atoms with van der Waals surface area (Å²) in [5.74, 6) is -0.495. The Hall–Kier alpha value is -1.32. The molecular weight excluding hydrogens is 256 g/mol. The summed E-state index contributed by atoms with van der Waals surface area (Å²) in [5, 5.41) is 8.48.